The third-order valence-electron chi connectivity index (χ3n) is 5.40. The second kappa shape index (κ2) is 7.55. The maximum absolute atomic E-state index is 10.2. The van der Waals surface area contributed by atoms with Crippen LogP contribution in [0.2, 0.25) is 5.28 Å². The molecule has 1 fully saturated rings. The molecular weight excluding hydrogens is 370 g/mol. The monoisotopic (exact) mass is 391 g/mol. The second-order valence-electron chi connectivity index (χ2n) is 7.10. The number of aliphatic hydroxyl groups excluding tert-OH is 3. The van der Waals surface area contributed by atoms with E-state index in [0.29, 0.717) is 12.4 Å². The Balaban J connectivity index is 1.49. The third kappa shape index (κ3) is 3.70. The summed E-state index contributed by atoms with van der Waals surface area (Å²) in [5.74, 6) is 0.187. The molecule has 2 aromatic rings. The van der Waals surface area contributed by atoms with Crippen molar-refractivity contribution in [1.29, 1.82) is 0 Å². The molecule has 0 spiro atoms. The van der Waals surface area contributed by atoms with Crippen LogP contribution in [0.5, 0.6) is 0 Å². The topological polar surface area (TPSA) is 123 Å². The van der Waals surface area contributed by atoms with Crippen molar-refractivity contribution in [2.45, 2.75) is 43.6 Å². The van der Waals surface area contributed by atoms with Crippen LogP contribution in [-0.2, 0) is 6.42 Å². The largest absolute Gasteiger partial charge is 0.396 e. The summed E-state index contributed by atoms with van der Waals surface area (Å²) >= 11 is 6.05. The van der Waals surface area contributed by atoms with E-state index in [0.717, 1.165) is 12.8 Å². The summed E-state index contributed by atoms with van der Waals surface area (Å²) in [6.07, 6.45) is 0.331. The molecule has 1 saturated carbocycles. The van der Waals surface area contributed by atoms with Crippen molar-refractivity contribution < 1.29 is 15.3 Å². The van der Waals surface area contributed by atoms with Crippen LogP contribution in [0.15, 0.2) is 24.3 Å². The first-order valence-corrected chi connectivity index (χ1v) is 9.42. The van der Waals surface area contributed by atoms with Crippen molar-refractivity contribution in [3.63, 3.8) is 0 Å². The average Bonchev–Trinajstić information content (AvgIpc) is 3.17. The maximum atomic E-state index is 10.2. The van der Waals surface area contributed by atoms with Gasteiger partial charge >= 0.3 is 0 Å². The Kier molecular flexibility index (Phi) is 5.14. The molecule has 0 saturated heterocycles. The minimum absolute atomic E-state index is 0.0352. The van der Waals surface area contributed by atoms with Crippen molar-refractivity contribution in [3.05, 3.63) is 40.7 Å². The van der Waals surface area contributed by atoms with Gasteiger partial charge in [0.05, 0.1) is 18.2 Å². The van der Waals surface area contributed by atoms with E-state index >= 15 is 0 Å². The van der Waals surface area contributed by atoms with E-state index in [1.54, 1.807) is 0 Å². The van der Waals surface area contributed by atoms with Gasteiger partial charge in [-0.3, -0.25) is 0 Å². The Morgan fingerprint density at radius 2 is 1.78 bits per heavy atom. The van der Waals surface area contributed by atoms with Crippen molar-refractivity contribution >= 4 is 23.5 Å². The van der Waals surface area contributed by atoms with E-state index in [9.17, 15) is 15.3 Å². The van der Waals surface area contributed by atoms with Crippen LogP contribution in [0.3, 0.4) is 0 Å². The highest BCUT2D eigenvalue weighted by Crippen LogP contribution is 2.33. The van der Waals surface area contributed by atoms with Gasteiger partial charge in [-0.05, 0) is 42.0 Å². The van der Waals surface area contributed by atoms with Gasteiger partial charge in [0.1, 0.15) is 6.10 Å². The molecule has 4 rings (SSSR count). The molecule has 27 heavy (non-hydrogen) atoms. The van der Waals surface area contributed by atoms with Gasteiger partial charge < -0.3 is 26.0 Å². The van der Waals surface area contributed by atoms with Gasteiger partial charge in [-0.2, -0.15) is 15.0 Å². The van der Waals surface area contributed by atoms with Gasteiger partial charge in [0.2, 0.25) is 17.2 Å². The van der Waals surface area contributed by atoms with Crippen molar-refractivity contribution in [3.8, 4) is 0 Å². The van der Waals surface area contributed by atoms with Gasteiger partial charge in [0.15, 0.2) is 0 Å². The number of aliphatic hydroxyl groups is 3. The number of benzene rings is 1. The van der Waals surface area contributed by atoms with E-state index in [1.807, 2.05) is 12.1 Å². The molecule has 0 radical (unpaired) electrons. The molecule has 1 heterocycles. The quantitative estimate of drug-likeness (QED) is 0.514. The molecule has 1 aromatic carbocycles. The second-order valence-corrected chi connectivity index (χ2v) is 7.43. The number of hydrogen-bond acceptors (Lipinski definition) is 8. The fourth-order valence-electron chi connectivity index (χ4n) is 3.96. The summed E-state index contributed by atoms with van der Waals surface area (Å²) in [6, 6.07) is 7.88. The van der Waals surface area contributed by atoms with Crippen LogP contribution in [0, 0.1) is 5.92 Å². The van der Waals surface area contributed by atoms with Crippen LogP contribution in [0.25, 0.3) is 0 Å². The lowest BCUT2D eigenvalue weighted by atomic mass is 10.1. The molecule has 2 aliphatic rings. The van der Waals surface area contributed by atoms with Crippen LogP contribution in [0.4, 0.5) is 11.9 Å². The van der Waals surface area contributed by atoms with E-state index in [2.05, 4.69) is 37.7 Å². The third-order valence-corrected chi connectivity index (χ3v) is 5.56. The molecular formula is C18H22ClN5O3. The molecule has 5 N–H and O–H groups in total. The number of aryl methyl sites for hydroxylation is 1. The number of nitrogens with one attached hydrogen (secondary N) is 2. The molecule has 144 valence electrons. The first-order valence-electron chi connectivity index (χ1n) is 9.04. The summed E-state index contributed by atoms with van der Waals surface area (Å²) in [5.41, 5.74) is 2.54. The van der Waals surface area contributed by atoms with Crippen molar-refractivity contribution in [1.82, 2.24) is 15.0 Å². The maximum Gasteiger partial charge on any atom is 0.229 e. The Labute approximate surface area is 161 Å². The highest BCUT2D eigenvalue weighted by Gasteiger charge is 2.41. The van der Waals surface area contributed by atoms with E-state index in [1.165, 1.54) is 11.1 Å². The SMILES string of the molecule is OC[C@H]1C[C@@H](Nc2nc(Cl)nc(N[C@H]3CCc4ccccc43)n2)[C@H](O)[C@@H]1O. The number of nitrogens with zero attached hydrogens (tertiary/aromatic N) is 3. The summed E-state index contributed by atoms with van der Waals surface area (Å²) in [7, 11) is 0. The number of rotatable bonds is 5. The minimum Gasteiger partial charge on any atom is -0.396 e. The smallest absolute Gasteiger partial charge is 0.229 e. The molecule has 8 nitrogen and oxygen atoms in total. The zero-order chi connectivity index (χ0) is 19.0. The Hall–Kier alpha value is -2.00. The zero-order valence-corrected chi connectivity index (χ0v) is 15.3. The van der Waals surface area contributed by atoms with Crippen LogP contribution < -0.4 is 10.6 Å². The molecule has 2 aliphatic carbocycles. The van der Waals surface area contributed by atoms with Gasteiger partial charge in [0.25, 0.3) is 0 Å². The number of hydrogen-bond donors (Lipinski definition) is 5. The Morgan fingerprint density at radius 3 is 2.52 bits per heavy atom. The predicted octanol–water partition coefficient (Wildman–Crippen LogP) is 1.14. The lowest BCUT2D eigenvalue weighted by Gasteiger charge is -2.19. The minimum atomic E-state index is -1.02. The molecule has 9 heteroatoms. The number of aromatic nitrogens is 3. The van der Waals surface area contributed by atoms with Gasteiger partial charge in [-0.25, -0.2) is 0 Å². The molecule has 1 aromatic heterocycles. The molecule has 0 unspecified atom stereocenters. The van der Waals surface area contributed by atoms with Crippen LogP contribution >= 0.6 is 11.6 Å². The molecule has 0 bridgehead atoms. The molecule has 5 atom stereocenters. The van der Waals surface area contributed by atoms with Gasteiger partial charge in [0, 0.05) is 12.5 Å². The van der Waals surface area contributed by atoms with E-state index in [4.69, 9.17) is 11.6 Å². The van der Waals surface area contributed by atoms with E-state index < -0.39 is 18.2 Å². The van der Waals surface area contributed by atoms with Crippen LogP contribution in [0.1, 0.15) is 30.0 Å². The number of anilines is 2. The predicted molar refractivity (Wildman–Crippen MR) is 101 cm³/mol. The molecule has 0 aliphatic heterocycles. The highest BCUT2D eigenvalue weighted by molar-refractivity contribution is 6.28. The van der Waals surface area contributed by atoms with Crippen molar-refractivity contribution in [2.24, 2.45) is 5.92 Å². The highest BCUT2D eigenvalue weighted by atomic mass is 35.5. The fraction of sp³-hybridized carbons (Fsp3) is 0.500. The van der Waals surface area contributed by atoms with Crippen molar-refractivity contribution in [2.75, 3.05) is 17.2 Å². The average molecular weight is 392 g/mol. The molecule has 0 amide bonds. The number of fused-ring (bicyclic) bond motifs is 1. The van der Waals surface area contributed by atoms with Gasteiger partial charge in [-0.15, -0.1) is 0 Å². The summed E-state index contributed by atoms with van der Waals surface area (Å²) in [6.45, 7) is -0.192. The first-order chi connectivity index (χ1) is 13.0. The summed E-state index contributed by atoms with van der Waals surface area (Å²) in [5, 5.41) is 35.7. The van der Waals surface area contributed by atoms with Gasteiger partial charge in [-0.1, -0.05) is 24.3 Å². The van der Waals surface area contributed by atoms with E-state index in [-0.39, 0.29) is 29.8 Å². The Morgan fingerprint density at radius 1 is 1.04 bits per heavy atom. The lowest BCUT2D eigenvalue weighted by molar-refractivity contribution is 0.00443. The normalized spacial score (nSPS) is 29.6. The Bertz CT molecular complexity index is 823. The number of halogens is 1. The standard InChI is InChI=1S/C18H22ClN5O3/c19-16-22-17(20-12-6-5-9-3-1-2-4-11(9)12)24-18(23-16)21-13-7-10(8-25)14(26)15(13)27/h1-4,10,12-15,25-27H,5-8H2,(H2,20,21,22,23,24)/t10-,12+,13-,14-,15+/m1/s1. The summed E-state index contributed by atoms with van der Waals surface area (Å²) in [4.78, 5) is 12.6. The fourth-order valence-corrected chi connectivity index (χ4v) is 4.12. The zero-order valence-electron chi connectivity index (χ0n) is 14.6. The lowest BCUT2D eigenvalue weighted by Crippen LogP contribution is -2.35. The first kappa shape index (κ1) is 18.4. The summed E-state index contributed by atoms with van der Waals surface area (Å²) < 4.78 is 0. The van der Waals surface area contributed by atoms with Crippen LogP contribution in [-0.4, -0.2) is 55.1 Å².